The van der Waals surface area contributed by atoms with Gasteiger partial charge in [0.2, 0.25) is 0 Å². The first-order valence-electron chi connectivity index (χ1n) is 8.29. The van der Waals surface area contributed by atoms with Crippen LogP contribution >= 0.6 is 11.3 Å². The number of hydrogen-bond donors (Lipinski definition) is 2. The molecule has 0 bridgehead atoms. The molecule has 1 saturated carbocycles. The molecule has 3 rings (SSSR count). The van der Waals surface area contributed by atoms with Crippen molar-refractivity contribution >= 4 is 11.3 Å². The van der Waals surface area contributed by atoms with Crippen LogP contribution in [0.15, 0.2) is 6.20 Å². The van der Waals surface area contributed by atoms with Crippen LogP contribution in [0.4, 0.5) is 0 Å². The zero-order valence-corrected chi connectivity index (χ0v) is 13.7. The molecule has 0 spiro atoms. The normalized spacial score (nSPS) is 28.9. The molecular formula is C16H27N3OS. The molecule has 2 heterocycles. The van der Waals surface area contributed by atoms with E-state index in [4.69, 9.17) is 0 Å². The van der Waals surface area contributed by atoms with Crippen molar-refractivity contribution in [3.8, 4) is 0 Å². The van der Waals surface area contributed by atoms with Gasteiger partial charge in [-0.25, -0.2) is 4.98 Å². The Labute approximate surface area is 131 Å². The average molecular weight is 309 g/mol. The third kappa shape index (κ3) is 4.03. The smallest absolute Gasteiger partial charge is 0.0897 e. The molecule has 1 aliphatic heterocycles. The Bertz CT molecular complexity index is 442. The van der Waals surface area contributed by atoms with Crippen LogP contribution in [-0.4, -0.2) is 46.3 Å². The fourth-order valence-corrected chi connectivity index (χ4v) is 4.43. The Morgan fingerprint density at radius 2 is 2.05 bits per heavy atom. The molecule has 2 atom stereocenters. The lowest BCUT2D eigenvalue weighted by molar-refractivity contribution is 0.00715. The summed E-state index contributed by atoms with van der Waals surface area (Å²) in [6.45, 7) is 5.26. The van der Waals surface area contributed by atoms with Crippen molar-refractivity contribution in [1.29, 1.82) is 0 Å². The third-order valence-electron chi connectivity index (χ3n) is 4.93. The van der Waals surface area contributed by atoms with Gasteiger partial charge in [-0.3, -0.25) is 4.90 Å². The minimum absolute atomic E-state index is 0.0940. The topological polar surface area (TPSA) is 48.4 Å². The van der Waals surface area contributed by atoms with E-state index in [2.05, 4.69) is 22.1 Å². The molecule has 21 heavy (non-hydrogen) atoms. The molecular weight excluding hydrogens is 282 g/mol. The van der Waals surface area contributed by atoms with Crippen LogP contribution in [0.5, 0.6) is 0 Å². The van der Waals surface area contributed by atoms with Crippen molar-refractivity contribution in [2.45, 2.75) is 70.2 Å². The van der Waals surface area contributed by atoms with Gasteiger partial charge in [0, 0.05) is 42.8 Å². The van der Waals surface area contributed by atoms with E-state index >= 15 is 0 Å². The Hall–Kier alpha value is -0.490. The lowest BCUT2D eigenvalue weighted by Gasteiger charge is -2.41. The lowest BCUT2D eigenvalue weighted by atomic mass is 9.89. The number of likely N-dealkylation sites (tertiary alicyclic amines) is 1. The second-order valence-electron chi connectivity index (χ2n) is 6.46. The van der Waals surface area contributed by atoms with Crippen LogP contribution in [-0.2, 0) is 6.54 Å². The SMILES string of the molecule is Cc1ncc(CNC2CCN(C3CCCCC3O)CC2)s1. The van der Waals surface area contributed by atoms with Gasteiger partial charge < -0.3 is 10.4 Å². The predicted molar refractivity (Wildman–Crippen MR) is 86.5 cm³/mol. The summed E-state index contributed by atoms with van der Waals surface area (Å²) in [5.74, 6) is 0. The highest BCUT2D eigenvalue weighted by Crippen LogP contribution is 2.26. The number of aliphatic hydroxyl groups excluding tert-OH is 1. The lowest BCUT2D eigenvalue weighted by Crippen LogP contribution is -2.51. The van der Waals surface area contributed by atoms with Crippen molar-refractivity contribution < 1.29 is 5.11 Å². The van der Waals surface area contributed by atoms with Crippen molar-refractivity contribution in [3.63, 3.8) is 0 Å². The quantitative estimate of drug-likeness (QED) is 0.896. The van der Waals surface area contributed by atoms with E-state index in [0.29, 0.717) is 12.1 Å². The summed E-state index contributed by atoms with van der Waals surface area (Å²) in [5.41, 5.74) is 0. The predicted octanol–water partition coefficient (Wildman–Crippen LogP) is 2.31. The van der Waals surface area contributed by atoms with E-state index in [1.807, 2.05) is 6.20 Å². The second kappa shape index (κ2) is 7.18. The summed E-state index contributed by atoms with van der Waals surface area (Å²) in [6.07, 6.45) is 8.94. The molecule has 2 aliphatic rings. The second-order valence-corrected chi connectivity index (χ2v) is 7.78. The Morgan fingerprint density at radius 1 is 1.29 bits per heavy atom. The number of aryl methyl sites for hydroxylation is 1. The maximum Gasteiger partial charge on any atom is 0.0897 e. The van der Waals surface area contributed by atoms with Crippen LogP contribution in [0.25, 0.3) is 0 Å². The van der Waals surface area contributed by atoms with E-state index in [-0.39, 0.29) is 6.10 Å². The van der Waals surface area contributed by atoms with Crippen molar-refractivity contribution in [1.82, 2.24) is 15.2 Å². The summed E-state index contributed by atoms with van der Waals surface area (Å²) in [6, 6.07) is 1.04. The number of thiazole rings is 1. The third-order valence-corrected chi connectivity index (χ3v) is 5.84. The van der Waals surface area contributed by atoms with Crippen LogP contribution < -0.4 is 5.32 Å². The zero-order chi connectivity index (χ0) is 14.7. The molecule has 0 radical (unpaired) electrons. The van der Waals surface area contributed by atoms with Crippen LogP contribution in [0.1, 0.15) is 48.4 Å². The number of nitrogens with one attached hydrogen (secondary N) is 1. The molecule has 1 aromatic heterocycles. The first-order valence-corrected chi connectivity index (χ1v) is 9.11. The van der Waals surface area contributed by atoms with E-state index in [1.54, 1.807) is 11.3 Å². The first kappa shape index (κ1) is 15.4. The van der Waals surface area contributed by atoms with Gasteiger partial charge in [0.05, 0.1) is 11.1 Å². The molecule has 1 saturated heterocycles. The van der Waals surface area contributed by atoms with Gasteiger partial charge in [-0.05, 0) is 32.6 Å². The largest absolute Gasteiger partial charge is 0.391 e. The van der Waals surface area contributed by atoms with Gasteiger partial charge in [-0.15, -0.1) is 11.3 Å². The molecule has 118 valence electrons. The monoisotopic (exact) mass is 309 g/mol. The molecule has 2 N–H and O–H groups in total. The van der Waals surface area contributed by atoms with E-state index in [1.165, 1.54) is 37.0 Å². The summed E-state index contributed by atoms with van der Waals surface area (Å²) < 4.78 is 0. The summed E-state index contributed by atoms with van der Waals surface area (Å²) in [7, 11) is 0. The minimum Gasteiger partial charge on any atom is -0.391 e. The van der Waals surface area contributed by atoms with Gasteiger partial charge >= 0.3 is 0 Å². The van der Waals surface area contributed by atoms with Gasteiger partial charge in [-0.2, -0.15) is 0 Å². The average Bonchev–Trinajstić information content (AvgIpc) is 2.92. The molecule has 0 aromatic carbocycles. The maximum absolute atomic E-state index is 10.2. The molecule has 4 nitrogen and oxygen atoms in total. The highest BCUT2D eigenvalue weighted by atomic mass is 32.1. The summed E-state index contributed by atoms with van der Waals surface area (Å²) in [4.78, 5) is 8.16. The minimum atomic E-state index is -0.0940. The van der Waals surface area contributed by atoms with Crippen LogP contribution in [0.3, 0.4) is 0 Å². The van der Waals surface area contributed by atoms with Crippen molar-refractivity contribution in [3.05, 3.63) is 16.1 Å². The Morgan fingerprint density at radius 3 is 2.71 bits per heavy atom. The summed E-state index contributed by atoms with van der Waals surface area (Å²) >= 11 is 1.78. The highest BCUT2D eigenvalue weighted by Gasteiger charge is 2.31. The van der Waals surface area contributed by atoms with E-state index in [0.717, 1.165) is 31.1 Å². The molecule has 1 aliphatic carbocycles. The number of aromatic nitrogens is 1. The zero-order valence-electron chi connectivity index (χ0n) is 12.9. The number of aliphatic hydroxyl groups is 1. The van der Waals surface area contributed by atoms with Gasteiger partial charge in [0.1, 0.15) is 0 Å². The molecule has 1 aromatic rings. The first-order chi connectivity index (χ1) is 10.2. The van der Waals surface area contributed by atoms with Gasteiger partial charge in [0.25, 0.3) is 0 Å². The fourth-order valence-electron chi connectivity index (χ4n) is 3.68. The standard InChI is InChI=1S/C16H27N3OS/c1-12-17-10-14(21-12)11-18-13-6-8-19(9-7-13)15-4-2-3-5-16(15)20/h10,13,15-16,18,20H,2-9,11H2,1H3. The Balaban J connectivity index is 1.42. The Kier molecular flexibility index (Phi) is 5.27. The molecule has 0 amide bonds. The van der Waals surface area contributed by atoms with Crippen molar-refractivity contribution in [2.24, 2.45) is 0 Å². The number of rotatable bonds is 4. The van der Waals surface area contributed by atoms with E-state index < -0.39 is 0 Å². The molecule has 2 unspecified atom stereocenters. The van der Waals surface area contributed by atoms with Gasteiger partial charge in [0.15, 0.2) is 0 Å². The van der Waals surface area contributed by atoms with E-state index in [9.17, 15) is 5.11 Å². The van der Waals surface area contributed by atoms with Gasteiger partial charge in [-0.1, -0.05) is 12.8 Å². The highest BCUT2D eigenvalue weighted by molar-refractivity contribution is 7.11. The molecule has 5 heteroatoms. The molecule has 2 fully saturated rings. The van der Waals surface area contributed by atoms with Crippen molar-refractivity contribution in [2.75, 3.05) is 13.1 Å². The maximum atomic E-state index is 10.2. The number of nitrogens with zero attached hydrogens (tertiary/aromatic N) is 2. The van der Waals surface area contributed by atoms with Crippen LogP contribution in [0, 0.1) is 6.92 Å². The number of piperidine rings is 1. The fraction of sp³-hybridized carbons (Fsp3) is 0.812. The van der Waals surface area contributed by atoms with Crippen LogP contribution in [0.2, 0.25) is 0 Å². The number of hydrogen-bond acceptors (Lipinski definition) is 5. The summed E-state index contributed by atoms with van der Waals surface area (Å²) in [5, 5.41) is 15.0.